The fraction of sp³-hybridized carbons (Fsp3) is 0.300. The highest BCUT2D eigenvalue weighted by Crippen LogP contribution is 2.32. The number of hydrogen-bond acceptors (Lipinski definition) is 4. The van der Waals surface area contributed by atoms with Crippen molar-refractivity contribution < 1.29 is 4.39 Å². The van der Waals surface area contributed by atoms with Gasteiger partial charge in [0.15, 0.2) is 0 Å². The van der Waals surface area contributed by atoms with Gasteiger partial charge in [-0.3, -0.25) is 4.79 Å². The second-order valence-corrected chi connectivity index (χ2v) is 5.88. The first kappa shape index (κ1) is 20.2. The number of aromatic nitrogens is 3. The van der Waals surface area contributed by atoms with Crippen LogP contribution < -0.4 is 17.0 Å². The third-order valence-electron chi connectivity index (χ3n) is 4.10. The molecule has 4 N–H and O–H groups in total. The molecular formula is C20H26FN5O. The van der Waals surface area contributed by atoms with Crippen molar-refractivity contribution in [3.8, 4) is 16.8 Å². The first-order valence-corrected chi connectivity index (χ1v) is 9.04. The van der Waals surface area contributed by atoms with Crippen molar-refractivity contribution in [3.05, 3.63) is 58.4 Å². The summed E-state index contributed by atoms with van der Waals surface area (Å²) in [5.41, 5.74) is 14.7. The SMILES string of the molecule is CC.CCCn1ccc(-n2nc(C)c(-c3ccc(F)cc3)c2N)c(N)c1=O. The van der Waals surface area contributed by atoms with Crippen LogP contribution in [0.15, 0.2) is 41.3 Å². The Morgan fingerprint density at radius 2 is 1.74 bits per heavy atom. The average Bonchev–Trinajstić information content (AvgIpc) is 2.96. The van der Waals surface area contributed by atoms with Crippen LogP contribution in [0.4, 0.5) is 15.9 Å². The summed E-state index contributed by atoms with van der Waals surface area (Å²) >= 11 is 0. The number of nitrogens with zero attached hydrogens (tertiary/aromatic N) is 3. The van der Waals surface area contributed by atoms with E-state index in [1.807, 2.05) is 20.8 Å². The van der Waals surface area contributed by atoms with Crippen LogP contribution in [0.5, 0.6) is 0 Å². The van der Waals surface area contributed by atoms with Crippen molar-refractivity contribution in [2.45, 2.75) is 40.7 Å². The Morgan fingerprint density at radius 1 is 1.11 bits per heavy atom. The van der Waals surface area contributed by atoms with Crippen molar-refractivity contribution in [1.29, 1.82) is 0 Å². The molecule has 0 aliphatic heterocycles. The largest absolute Gasteiger partial charge is 0.392 e. The van der Waals surface area contributed by atoms with Crippen molar-refractivity contribution in [2.75, 3.05) is 11.5 Å². The van der Waals surface area contributed by atoms with Gasteiger partial charge in [0.25, 0.3) is 5.56 Å². The maximum atomic E-state index is 13.2. The maximum Gasteiger partial charge on any atom is 0.275 e. The van der Waals surface area contributed by atoms with Gasteiger partial charge in [-0.05, 0) is 37.1 Å². The summed E-state index contributed by atoms with van der Waals surface area (Å²) in [7, 11) is 0. The molecule has 2 aromatic heterocycles. The van der Waals surface area contributed by atoms with Crippen LogP contribution in [-0.2, 0) is 6.54 Å². The van der Waals surface area contributed by atoms with Gasteiger partial charge in [0.2, 0.25) is 0 Å². The van der Waals surface area contributed by atoms with Crippen molar-refractivity contribution in [1.82, 2.24) is 14.3 Å². The fourth-order valence-electron chi connectivity index (χ4n) is 2.89. The van der Waals surface area contributed by atoms with Crippen LogP contribution in [0.1, 0.15) is 32.9 Å². The number of pyridine rings is 1. The van der Waals surface area contributed by atoms with Gasteiger partial charge in [0.05, 0.1) is 11.4 Å². The minimum Gasteiger partial charge on any atom is -0.392 e. The molecule has 1 aromatic carbocycles. The molecule has 0 unspecified atom stereocenters. The van der Waals surface area contributed by atoms with E-state index in [0.717, 1.165) is 12.0 Å². The van der Waals surface area contributed by atoms with Crippen molar-refractivity contribution in [3.63, 3.8) is 0 Å². The molecule has 0 saturated heterocycles. The summed E-state index contributed by atoms with van der Waals surface area (Å²) in [4.78, 5) is 12.4. The monoisotopic (exact) mass is 371 g/mol. The van der Waals surface area contributed by atoms with Crippen molar-refractivity contribution >= 4 is 11.5 Å². The summed E-state index contributed by atoms with van der Waals surface area (Å²) in [6, 6.07) is 7.74. The highest BCUT2D eigenvalue weighted by atomic mass is 19.1. The van der Waals surface area contributed by atoms with E-state index in [1.54, 1.807) is 35.9 Å². The lowest BCUT2D eigenvalue weighted by Crippen LogP contribution is -2.24. The van der Waals surface area contributed by atoms with E-state index in [1.165, 1.54) is 16.8 Å². The summed E-state index contributed by atoms with van der Waals surface area (Å²) in [5.74, 6) is 0.0274. The molecule has 0 atom stereocenters. The number of rotatable bonds is 4. The first-order chi connectivity index (χ1) is 12.9. The molecule has 0 radical (unpaired) electrons. The van der Waals surface area contributed by atoms with Gasteiger partial charge in [0, 0.05) is 18.3 Å². The van der Waals surface area contributed by atoms with Gasteiger partial charge in [0.1, 0.15) is 17.3 Å². The summed E-state index contributed by atoms with van der Waals surface area (Å²) in [6.07, 6.45) is 2.52. The minimum atomic E-state index is -0.323. The van der Waals surface area contributed by atoms with Crippen LogP contribution in [-0.4, -0.2) is 14.3 Å². The van der Waals surface area contributed by atoms with Gasteiger partial charge in [-0.2, -0.15) is 5.10 Å². The van der Waals surface area contributed by atoms with Crippen LogP contribution in [0.25, 0.3) is 16.8 Å². The highest BCUT2D eigenvalue weighted by Gasteiger charge is 2.18. The maximum absolute atomic E-state index is 13.2. The lowest BCUT2D eigenvalue weighted by Gasteiger charge is -2.11. The van der Waals surface area contributed by atoms with Gasteiger partial charge in [-0.1, -0.05) is 32.9 Å². The Kier molecular flexibility index (Phi) is 6.39. The van der Waals surface area contributed by atoms with E-state index in [-0.39, 0.29) is 17.1 Å². The average molecular weight is 371 g/mol. The van der Waals surface area contributed by atoms with Crippen LogP contribution in [0.3, 0.4) is 0 Å². The Bertz CT molecular complexity index is 973. The number of benzene rings is 1. The molecule has 0 amide bonds. The molecule has 2 heterocycles. The van der Waals surface area contributed by atoms with E-state index < -0.39 is 0 Å². The number of anilines is 2. The second-order valence-electron chi connectivity index (χ2n) is 5.88. The smallest absolute Gasteiger partial charge is 0.275 e. The van der Waals surface area contributed by atoms with Crippen LogP contribution in [0, 0.1) is 12.7 Å². The van der Waals surface area contributed by atoms with E-state index in [9.17, 15) is 9.18 Å². The Labute approximate surface area is 158 Å². The number of hydrogen-bond donors (Lipinski definition) is 2. The third kappa shape index (κ3) is 3.86. The Hall–Kier alpha value is -3.09. The molecule has 3 aromatic rings. The van der Waals surface area contributed by atoms with E-state index in [2.05, 4.69) is 5.10 Å². The Morgan fingerprint density at radius 3 is 2.33 bits per heavy atom. The number of aryl methyl sites for hydroxylation is 2. The molecule has 0 spiro atoms. The zero-order valence-electron chi connectivity index (χ0n) is 16.2. The molecule has 7 heteroatoms. The van der Waals surface area contributed by atoms with Crippen molar-refractivity contribution in [2.24, 2.45) is 0 Å². The lowest BCUT2D eigenvalue weighted by molar-refractivity contribution is 0.628. The third-order valence-corrected chi connectivity index (χ3v) is 4.10. The molecule has 144 valence electrons. The quantitative estimate of drug-likeness (QED) is 0.730. The molecule has 27 heavy (non-hydrogen) atoms. The normalized spacial score (nSPS) is 10.4. The zero-order valence-corrected chi connectivity index (χ0v) is 16.2. The fourth-order valence-corrected chi connectivity index (χ4v) is 2.89. The molecular weight excluding hydrogens is 345 g/mol. The molecule has 3 rings (SSSR count). The van der Waals surface area contributed by atoms with Gasteiger partial charge in [-0.25, -0.2) is 9.07 Å². The standard InChI is InChI=1S/C18H20FN5O.C2H6/c1-3-9-23-10-8-14(16(20)18(23)25)24-17(21)15(11(2)22-24)12-4-6-13(19)7-5-12;1-2/h4-8,10H,3,9,20-21H2,1-2H3;1-2H3. The van der Waals surface area contributed by atoms with E-state index in [0.29, 0.717) is 29.3 Å². The summed E-state index contributed by atoms with van der Waals surface area (Å²) in [5, 5.41) is 4.43. The predicted octanol–water partition coefficient (Wildman–Crippen LogP) is 3.75. The zero-order chi connectivity index (χ0) is 20.1. The number of nitrogens with two attached hydrogens (primary N) is 2. The second kappa shape index (κ2) is 8.53. The summed E-state index contributed by atoms with van der Waals surface area (Å²) < 4.78 is 16.2. The molecule has 0 aliphatic carbocycles. The molecule has 0 saturated carbocycles. The Balaban J connectivity index is 0.00000126. The predicted molar refractivity (Wildman–Crippen MR) is 108 cm³/mol. The lowest BCUT2D eigenvalue weighted by atomic mass is 10.1. The van der Waals surface area contributed by atoms with Crippen LogP contribution in [0.2, 0.25) is 0 Å². The molecule has 6 nitrogen and oxygen atoms in total. The van der Waals surface area contributed by atoms with Gasteiger partial charge in [-0.15, -0.1) is 0 Å². The summed E-state index contributed by atoms with van der Waals surface area (Å²) in [6.45, 7) is 8.39. The molecule has 0 bridgehead atoms. The minimum absolute atomic E-state index is 0.0933. The van der Waals surface area contributed by atoms with E-state index in [4.69, 9.17) is 11.5 Å². The number of nitrogen functional groups attached to an aromatic ring is 2. The molecule has 0 fully saturated rings. The first-order valence-electron chi connectivity index (χ1n) is 9.04. The highest BCUT2D eigenvalue weighted by molar-refractivity contribution is 5.78. The molecule has 0 aliphatic rings. The van der Waals surface area contributed by atoms with Crippen LogP contribution >= 0.6 is 0 Å². The van der Waals surface area contributed by atoms with Gasteiger partial charge < -0.3 is 16.0 Å². The van der Waals surface area contributed by atoms with E-state index >= 15 is 0 Å². The number of halogens is 1. The topological polar surface area (TPSA) is 91.9 Å². The van der Waals surface area contributed by atoms with Gasteiger partial charge >= 0.3 is 0 Å².